The molecule has 1 aromatic heterocycles. The van der Waals surface area contributed by atoms with Gasteiger partial charge in [-0.15, -0.1) is 0 Å². The maximum atomic E-state index is 13.1. The van der Waals surface area contributed by atoms with Crippen LogP contribution in [0.3, 0.4) is 0 Å². The molecule has 5 heteroatoms. The van der Waals surface area contributed by atoms with Crippen molar-refractivity contribution in [3.63, 3.8) is 0 Å². The van der Waals surface area contributed by atoms with Gasteiger partial charge in [-0.1, -0.05) is 17.7 Å². The summed E-state index contributed by atoms with van der Waals surface area (Å²) in [5.74, 6) is -0.654. The van der Waals surface area contributed by atoms with Crippen molar-refractivity contribution < 1.29 is 13.6 Å². The zero-order valence-corrected chi connectivity index (χ0v) is 10.1. The van der Waals surface area contributed by atoms with Crippen molar-refractivity contribution >= 4 is 29.0 Å². The van der Waals surface area contributed by atoms with Crippen LogP contribution in [0.2, 0.25) is 10.2 Å². The summed E-state index contributed by atoms with van der Waals surface area (Å²) in [6, 6.07) is 7.20. The molecule has 0 radical (unpaired) electrons. The van der Waals surface area contributed by atoms with Crippen molar-refractivity contribution in [2.45, 2.75) is 6.42 Å². The molecule has 0 N–H and O–H groups in total. The molecule has 17 heavy (non-hydrogen) atoms. The van der Waals surface area contributed by atoms with Gasteiger partial charge in [-0.2, -0.15) is 0 Å². The molecule has 0 amide bonds. The van der Waals surface area contributed by atoms with Gasteiger partial charge in [-0.3, -0.25) is 4.79 Å². The lowest BCUT2D eigenvalue weighted by atomic mass is 10.1. The highest BCUT2D eigenvalue weighted by Gasteiger charge is 2.12. The Morgan fingerprint density at radius 1 is 1.24 bits per heavy atom. The summed E-state index contributed by atoms with van der Waals surface area (Å²) in [5.41, 5.74) is 0.532. The molecule has 0 saturated carbocycles. The van der Waals surface area contributed by atoms with E-state index in [0.29, 0.717) is 5.56 Å². The minimum Gasteiger partial charge on any atom is -0.442 e. The Hall–Kier alpha value is -1.32. The van der Waals surface area contributed by atoms with Crippen LogP contribution in [0.4, 0.5) is 4.39 Å². The molecule has 0 atom stereocenters. The Labute approximate surface area is 107 Å². The van der Waals surface area contributed by atoms with Gasteiger partial charge in [0.25, 0.3) is 0 Å². The van der Waals surface area contributed by atoms with E-state index < -0.39 is 5.82 Å². The molecule has 2 aromatic rings. The summed E-state index contributed by atoms with van der Waals surface area (Å²) in [7, 11) is 0. The number of ketones is 1. The number of carbonyl (C=O) groups is 1. The number of furan rings is 1. The summed E-state index contributed by atoms with van der Waals surface area (Å²) >= 11 is 11.1. The third-order valence-electron chi connectivity index (χ3n) is 2.20. The Kier molecular flexibility index (Phi) is 3.50. The molecule has 0 aliphatic carbocycles. The molecule has 1 heterocycles. The van der Waals surface area contributed by atoms with Crippen LogP contribution in [0.15, 0.2) is 34.7 Å². The first-order valence-corrected chi connectivity index (χ1v) is 5.54. The fraction of sp³-hybridized carbons (Fsp3) is 0.0833. The predicted octanol–water partition coefficient (Wildman–Crippen LogP) is 4.15. The number of Topliss-reactive ketones (excluding diaryl/α,β-unsaturated/α-hetero) is 1. The normalized spacial score (nSPS) is 10.5. The van der Waals surface area contributed by atoms with E-state index in [1.165, 1.54) is 24.3 Å². The van der Waals surface area contributed by atoms with Gasteiger partial charge in [0.15, 0.2) is 11.0 Å². The van der Waals surface area contributed by atoms with Gasteiger partial charge in [0.05, 0.1) is 5.02 Å². The van der Waals surface area contributed by atoms with Crippen molar-refractivity contribution in [1.29, 1.82) is 0 Å². The fourth-order valence-corrected chi connectivity index (χ4v) is 1.65. The lowest BCUT2D eigenvalue weighted by Gasteiger charge is -2.00. The van der Waals surface area contributed by atoms with Gasteiger partial charge in [0, 0.05) is 6.42 Å². The maximum Gasteiger partial charge on any atom is 0.202 e. The minimum atomic E-state index is -0.547. The first-order valence-electron chi connectivity index (χ1n) is 4.79. The topological polar surface area (TPSA) is 30.2 Å². The molecule has 0 aliphatic heterocycles. The summed E-state index contributed by atoms with van der Waals surface area (Å²) in [6.45, 7) is 0. The van der Waals surface area contributed by atoms with Crippen LogP contribution in [-0.4, -0.2) is 5.78 Å². The number of benzene rings is 1. The monoisotopic (exact) mass is 272 g/mol. The first-order chi connectivity index (χ1) is 8.06. The van der Waals surface area contributed by atoms with E-state index in [-0.39, 0.29) is 28.2 Å². The van der Waals surface area contributed by atoms with Gasteiger partial charge >= 0.3 is 0 Å². The molecule has 0 saturated heterocycles. The third-order valence-corrected chi connectivity index (χ3v) is 2.71. The highest BCUT2D eigenvalue weighted by atomic mass is 35.5. The van der Waals surface area contributed by atoms with Crippen molar-refractivity contribution in [3.8, 4) is 0 Å². The molecule has 0 spiro atoms. The molecular formula is C12H7Cl2FO2. The summed E-state index contributed by atoms with van der Waals surface area (Å²) in [4.78, 5) is 11.7. The van der Waals surface area contributed by atoms with Crippen LogP contribution in [-0.2, 0) is 6.42 Å². The SMILES string of the molecule is O=C(Cc1ccc(Cl)c(F)c1)c1ccc(Cl)o1. The predicted molar refractivity (Wildman–Crippen MR) is 63.2 cm³/mol. The standard InChI is InChI=1S/C12H7Cl2FO2/c13-8-2-1-7(5-9(8)15)6-10(16)11-3-4-12(14)17-11/h1-5H,6H2. The third kappa shape index (κ3) is 2.87. The van der Waals surface area contributed by atoms with Gasteiger partial charge in [0.1, 0.15) is 5.82 Å². The van der Waals surface area contributed by atoms with Crippen LogP contribution in [0, 0.1) is 5.82 Å². The molecule has 0 aliphatic rings. The summed E-state index contributed by atoms with van der Waals surface area (Å²) in [5, 5.41) is 0.179. The average molecular weight is 273 g/mol. The Balaban J connectivity index is 2.15. The second-order valence-corrected chi connectivity index (χ2v) is 4.23. The van der Waals surface area contributed by atoms with Gasteiger partial charge in [-0.05, 0) is 41.4 Å². The van der Waals surface area contributed by atoms with E-state index in [4.69, 9.17) is 27.6 Å². The molecule has 2 nitrogen and oxygen atoms in total. The van der Waals surface area contributed by atoms with Crippen LogP contribution in [0.1, 0.15) is 16.1 Å². The maximum absolute atomic E-state index is 13.1. The van der Waals surface area contributed by atoms with Crippen LogP contribution in [0.5, 0.6) is 0 Å². The quantitative estimate of drug-likeness (QED) is 0.786. The zero-order valence-electron chi connectivity index (χ0n) is 8.54. The molecule has 2 rings (SSSR count). The average Bonchev–Trinajstić information content (AvgIpc) is 2.70. The molecule has 88 valence electrons. The number of hydrogen-bond donors (Lipinski definition) is 0. The van der Waals surface area contributed by atoms with Crippen molar-refractivity contribution in [3.05, 3.63) is 57.7 Å². The highest BCUT2D eigenvalue weighted by Crippen LogP contribution is 2.18. The van der Waals surface area contributed by atoms with Gasteiger partial charge in [0.2, 0.25) is 5.78 Å². The minimum absolute atomic E-state index is 0.0299. The van der Waals surface area contributed by atoms with Crippen LogP contribution in [0.25, 0.3) is 0 Å². The van der Waals surface area contributed by atoms with E-state index in [9.17, 15) is 9.18 Å². The lowest BCUT2D eigenvalue weighted by Crippen LogP contribution is -2.02. The Morgan fingerprint density at radius 3 is 2.59 bits per heavy atom. The fourth-order valence-electron chi connectivity index (χ4n) is 1.39. The molecule has 0 bridgehead atoms. The van der Waals surface area contributed by atoms with E-state index >= 15 is 0 Å². The number of rotatable bonds is 3. The van der Waals surface area contributed by atoms with Crippen LogP contribution >= 0.6 is 23.2 Å². The lowest BCUT2D eigenvalue weighted by molar-refractivity contribution is 0.0966. The zero-order chi connectivity index (χ0) is 12.4. The Bertz CT molecular complexity index is 563. The van der Waals surface area contributed by atoms with E-state index in [1.54, 1.807) is 6.07 Å². The van der Waals surface area contributed by atoms with Crippen molar-refractivity contribution in [2.24, 2.45) is 0 Å². The van der Waals surface area contributed by atoms with E-state index in [2.05, 4.69) is 0 Å². The summed E-state index contributed by atoms with van der Waals surface area (Å²) < 4.78 is 18.1. The summed E-state index contributed by atoms with van der Waals surface area (Å²) in [6.07, 6.45) is 0.0396. The van der Waals surface area contributed by atoms with Crippen molar-refractivity contribution in [2.75, 3.05) is 0 Å². The Morgan fingerprint density at radius 2 is 2.00 bits per heavy atom. The number of halogens is 3. The molecule has 1 aromatic carbocycles. The largest absolute Gasteiger partial charge is 0.442 e. The van der Waals surface area contributed by atoms with Crippen LogP contribution < -0.4 is 0 Å². The molecular weight excluding hydrogens is 266 g/mol. The van der Waals surface area contributed by atoms with Gasteiger partial charge < -0.3 is 4.42 Å². The van der Waals surface area contributed by atoms with Gasteiger partial charge in [-0.25, -0.2) is 4.39 Å². The number of carbonyl (C=O) groups excluding carboxylic acids is 1. The van der Waals surface area contributed by atoms with Crippen molar-refractivity contribution in [1.82, 2.24) is 0 Å². The second-order valence-electron chi connectivity index (χ2n) is 3.45. The second kappa shape index (κ2) is 4.90. The highest BCUT2D eigenvalue weighted by molar-refractivity contribution is 6.30. The van der Waals surface area contributed by atoms with E-state index in [1.807, 2.05) is 0 Å². The first kappa shape index (κ1) is 12.1. The number of hydrogen-bond acceptors (Lipinski definition) is 2. The smallest absolute Gasteiger partial charge is 0.202 e. The molecule has 0 fully saturated rings. The van der Waals surface area contributed by atoms with E-state index in [0.717, 1.165) is 0 Å². The molecule has 0 unspecified atom stereocenters.